The van der Waals surface area contributed by atoms with Crippen molar-refractivity contribution in [2.45, 2.75) is 51.7 Å². The van der Waals surface area contributed by atoms with Gasteiger partial charge in [0.1, 0.15) is 5.69 Å². The van der Waals surface area contributed by atoms with Gasteiger partial charge in [-0.2, -0.15) is 4.98 Å². The second-order valence-electron chi connectivity index (χ2n) is 8.97. The molecule has 1 aliphatic rings. The number of aromatic nitrogens is 5. The molecule has 4 rings (SSSR count). The fraction of sp³-hybridized carbons (Fsp3) is 0.476. The van der Waals surface area contributed by atoms with Gasteiger partial charge in [-0.1, -0.05) is 35.0 Å². The van der Waals surface area contributed by atoms with Crippen molar-refractivity contribution in [2.75, 3.05) is 18.4 Å². The van der Waals surface area contributed by atoms with Crippen LogP contribution < -0.4 is 16.0 Å². The smallest absolute Gasteiger partial charge is 0.225 e. The van der Waals surface area contributed by atoms with E-state index in [4.69, 9.17) is 21.6 Å². The lowest BCUT2D eigenvalue weighted by molar-refractivity contribution is -0.120. The highest BCUT2D eigenvalue weighted by molar-refractivity contribution is 6.31. The topological polar surface area (TPSA) is 110 Å². The third-order valence-electron chi connectivity index (χ3n) is 5.15. The molecule has 1 atom stereocenters. The number of carbonyl (C=O) groups is 1. The van der Waals surface area contributed by atoms with Gasteiger partial charge in [-0.05, 0) is 45.4 Å². The summed E-state index contributed by atoms with van der Waals surface area (Å²) in [7, 11) is 0. The molecule has 1 fully saturated rings. The van der Waals surface area contributed by atoms with Crippen molar-refractivity contribution in [1.29, 1.82) is 0 Å². The van der Waals surface area contributed by atoms with Gasteiger partial charge in [-0.25, -0.2) is 9.67 Å². The number of benzene rings is 1. The molecular formula is C21H27ClN8O. The Kier molecular flexibility index (Phi) is 5.57. The normalized spacial score (nSPS) is 19.0. The summed E-state index contributed by atoms with van der Waals surface area (Å²) in [5.41, 5.74) is 1.82. The number of rotatable bonds is 5. The number of fused-ring (bicyclic) bond motifs is 1. The summed E-state index contributed by atoms with van der Waals surface area (Å²) in [6, 6.07) is 7.62. The van der Waals surface area contributed by atoms with Crippen molar-refractivity contribution < 1.29 is 4.79 Å². The molecule has 3 heterocycles. The molecule has 0 spiro atoms. The Bertz CT molecular complexity index is 1110. The van der Waals surface area contributed by atoms with E-state index in [0.717, 1.165) is 12.1 Å². The number of amides is 1. The van der Waals surface area contributed by atoms with Gasteiger partial charge in [0.15, 0.2) is 11.2 Å². The second-order valence-corrected chi connectivity index (χ2v) is 9.38. The van der Waals surface area contributed by atoms with E-state index < -0.39 is 5.54 Å². The van der Waals surface area contributed by atoms with Crippen molar-refractivity contribution in [2.24, 2.45) is 0 Å². The molecule has 3 aromatic rings. The van der Waals surface area contributed by atoms with Crippen molar-refractivity contribution in [3.63, 3.8) is 0 Å². The van der Waals surface area contributed by atoms with Crippen molar-refractivity contribution in [3.05, 3.63) is 40.5 Å². The molecule has 0 aliphatic carbocycles. The Hall–Kier alpha value is -2.78. The van der Waals surface area contributed by atoms with Gasteiger partial charge in [-0.15, -0.1) is 5.10 Å². The summed E-state index contributed by atoms with van der Waals surface area (Å²) in [6.07, 6.45) is 0.699. The van der Waals surface area contributed by atoms with Crippen LogP contribution in [0, 0.1) is 0 Å². The van der Waals surface area contributed by atoms with Crippen molar-refractivity contribution >= 4 is 34.6 Å². The van der Waals surface area contributed by atoms with Crippen LogP contribution in [0.25, 0.3) is 11.2 Å². The first kappa shape index (κ1) is 21.5. The van der Waals surface area contributed by atoms with Gasteiger partial charge in [0.05, 0.1) is 12.1 Å². The van der Waals surface area contributed by atoms with E-state index in [1.807, 2.05) is 45.0 Å². The Morgan fingerprint density at radius 1 is 1.29 bits per heavy atom. The largest absolute Gasteiger partial charge is 0.350 e. The van der Waals surface area contributed by atoms with Gasteiger partial charge in [-0.3, -0.25) is 4.79 Å². The fourth-order valence-electron chi connectivity index (χ4n) is 3.87. The van der Waals surface area contributed by atoms with E-state index >= 15 is 0 Å². The number of hydrogen-bond acceptors (Lipinski definition) is 7. The highest BCUT2D eigenvalue weighted by Gasteiger charge is 2.41. The number of carbonyl (C=O) groups excluding carboxylic acids is 1. The number of nitrogens with one attached hydrogen (secondary N) is 3. The summed E-state index contributed by atoms with van der Waals surface area (Å²) in [5, 5.41) is 19.2. The molecule has 1 amide bonds. The van der Waals surface area contributed by atoms with E-state index in [1.165, 1.54) is 6.92 Å². The van der Waals surface area contributed by atoms with Gasteiger partial charge in [0.25, 0.3) is 0 Å². The molecule has 10 heteroatoms. The van der Waals surface area contributed by atoms with Gasteiger partial charge in [0, 0.05) is 24.0 Å². The van der Waals surface area contributed by atoms with Crippen LogP contribution in [0.1, 0.15) is 45.4 Å². The van der Waals surface area contributed by atoms with E-state index in [9.17, 15) is 4.79 Å². The van der Waals surface area contributed by atoms with Crippen molar-refractivity contribution in [3.8, 4) is 0 Å². The molecule has 31 heavy (non-hydrogen) atoms. The molecule has 3 N–H and O–H groups in total. The van der Waals surface area contributed by atoms with Crippen LogP contribution in [0.15, 0.2) is 24.3 Å². The van der Waals surface area contributed by atoms with Crippen LogP contribution in [0.2, 0.25) is 5.02 Å². The van der Waals surface area contributed by atoms with E-state index in [0.29, 0.717) is 47.3 Å². The van der Waals surface area contributed by atoms with Crippen LogP contribution in [0.3, 0.4) is 0 Å². The van der Waals surface area contributed by atoms with Gasteiger partial charge < -0.3 is 16.0 Å². The Labute approximate surface area is 186 Å². The standard InChI is InChI=1S/C21H27ClN8O/c1-13(31)26-21(9-10-23-12-21)17-16-18(25-19(24-17)27-20(2,3)4)30(29-28-16)11-14-7-5-6-8-15(14)22/h5-8,23H,9-12H2,1-4H3,(H,26,31)(H,24,25,27)/t21-/m0/s1. The second kappa shape index (κ2) is 8.05. The third-order valence-corrected chi connectivity index (χ3v) is 5.52. The molecule has 1 aliphatic heterocycles. The molecule has 0 saturated carbocycles. The first-order valence-electron chi connectivity index (χ1n) is 10.3. The zero-order chi connectivity index (χ0) is 22.2. The number of nitrogens with zero attached hydrogens (tertiary/aromatic N) is 5. The molecule has 0 bridgehead atoms. The lowest BCUT2D eigenvalue weighted by Gasteiger charge is -2.29. The van der Waals surface area contributed by atoms with Gasteiger partial charge >= 0.3 is 0 Å². The van der Waals surface area contributed by atoms with Crippen LogP contribution in [-0.4, -0.2) is 49.5 Å². The molecule has 0 radical (unpaired) electrons. The Morgan fingerprint density at radius 3 is 2.71 bits per heavy atom. The van der Waals surface area contributed by atoms with Crippen LogP contribution in [0.4, 0.5) is 5.95 Å². The molecule has 2 aromatic heterocycles. The minimum Gasteiger partial charge on any atom is -0.350 e. The maximum atomic E-state index is 12.1. The minimum atomic E-state index is -0.674. The van der Waals surface area contributed by atoms with Gasteiger partial charge in [0.2, 0.25) is 11.9 Å². The lowest BCUT2D eigenvalue weighted by atomic mass is 9.92. The first-order chi connectivity index (χ1) is 14.7. The first-order valence-corrected chi connectivity index (χ1v) is 10.7. The summed E-state index contributed by atoms with van der Waals surface area (Å²) in [5.74, 6) is 0.346. The molecular weight excluding hydrogens is 416 g/mol. The average Bonchev–Trinajstić information content (AvgIpc) is 3.29. The number of hydrogen-bond donors (Lipinski definition) is 3. The molecule has 0 unspecified atom stereocenters. The Balaban J connectivity index is 1.88. The Morgan fingerprint density at radius 2 is 2.06 bits per heavy atom. The minimum absolute atomic E-state index is 0.121. The molecule has 1 saturated heterocycles. The van der Waals surface area contributed by atoms with E-state index in [2.05, 4.69) is 26.3 Å². The maximum Gasteiger partial charge on any atom is 0.225 e. The zero-order valence-electron chi connectivity index (χ0n) is 18.2. The highest BCUT2D eigenvalue weighted by atomic mass is 35.5. The summed E-state index contributed by atoms with van der Waals surface area (Å²) >= 11 is 6.36. The lowest BCUT2D eigenvalue weighted by Crippen LogP contribution is -2.47. The molecule has 164 valence electrons. The van der Waals surface area contributed by atoms with Crippen LogP contribution in [-0.2, 0) is 16.9 Å². The predicted octanol–water partition coefficient (Wildman–Crippen LogP) is 2.46. The summed E-state index contributed by atoms with van der Waals surface area (Å²) in [4.78, 5) is 21.6. The maximum absolute atomic E-state index is 12.1. The highest BCUT2D eigenvalue weighted by Crippen LogP contribution is 2.32. The number of anilines is 1. The SMILES string of the molecule is CC(=O)N[C@@]1(c2nc(NC(C)(C)C)nc3c2nnn3Cc2ccccc2Cl)CCNC1. The zero-order valence-corrected chi connectivity index (χ0v) is 18.9. The predicted molar refractivity (Wildman–Crippen MR) is 120 cm³/mol. The molecule has 1 aromatic carbocycles. The van der Waals surface area contributed by atoms with Crippen molar-refractivity contribution in [1.82, 2.24) is 35.6 Å². The summed E-state index contributed by atoms with van der Waals surface area (Å²) in [6.45, 7) is 9.39. The van der Waals surface area contributed by atoms with Crippen LogP contribution in [0.5, 0.6) is 0 Å². The monoisotopic (exact) mass is 442 g/mol. The molecule has 9 nitrogen and oxygen atoms in total. The fourth-order valence-corrected chi connectivity index (χ4v) is 4.07. The quantitative estimate of drug-likeness (QED) is 0.556. The van der Waals surface area contributed by atoms with E-state index in [1.54, 1.807) is 4.68 Å². The summed E-state index contributed by atoms with van der Waals surface area (Å²) < 4.78 is 1.72. The van der Waals surface area contributed by atoms with E-state index in [-0.39, 0.29) is 11.4 Å². The number of halogens is 1. The average molecular weight is 443 g/mol. The third kappa shape index (κ3) is 4.47. The van der Waals surface area contributed by atoms with Crippen LogP contribution >= 0.6 is 11.6 Å².